The van der Waals surface area contributed by atoms with E-state index in [-0.39, 0.29) is 0 Å². The van der Waals surface area contributed by atoms with Crippen LogP contribution in [-0.2, 0) is 6.54 Å². The standard InChI is InChI=1S/C14H21N3/c1-2-10-17(11-6-5-9-15)12-13-7-3-4-8-14(13)16/h3-4,7-8H,2,5-6,10-12,16H2,1H3. The molecule has 92 valence electrons. The van der Waals surface area contributed by atoms with E-state index >= 15 is 0 Å². The van der Waals surface area contributed by atoms with Crippen molar-refractivity contribution in [3.63, 3.8) is 0 Å². The van der Waals surface area contributed by atoms with Crippen LogP contribution in [0.4, 0.5) is 5.69 Å². The second kappa shape index (κ2) is 7.70. The summed E-state index contributed by atoms with van der Waals surface area (Å²) in [6.45, 7) is 5.08. The van der Waals surface area contributed by atoms with Crippen LogP contribution in [0.25, 0.3) is 0 Å². The lowest BCUT2D eigenvalue weighted by Crippen LogP contribution is -2.25. The second-order valence-electron chi connectivity index (χ2n) is 4.24. The minimum absolute atomic E-state index is 0.629. The Kier molecular flexibility index (Phi) is 6.13. The highest BCUT2D eigenvalue weighted by Gasteiger charge is 2.06. The maximum Gasteiger partial charge on any atom is 0.0622 e. The molecule has 0 unspecified atom stereocenters. The van der Waals surface area contributed by atoms with Gasteiger partial charge in [-0.2, -0.15) is 5.26 Å². The summed E-state index contributed by atoms with van der Waals surface area (Å²) in [6, 6.07) is 10.2. The highest BCUT2D eigenvalue weighted by Crippen LogP contribution is 2.14. The van der Waals surface area contributed by atoms with Crippen LogP contribution < -0.4 is 5.73 Å². The molecule has 0 heterocycles. The molecule has 0 saturated carbocycles. The first-order valence-electron chi connectivity index (χ1n) is 6.20. The van der Waals surface area contributed by atoms with Gasteiger partial charge in [0, 0.05) is 18.7 Å². The first-order chi connectivity index (χ1) is 8.27. The predicted octanol–water partition coefficient (Wildman–Crippen LogP) is 2.78. The second-order valence-corrected chi connectivity index (χ2v) is 4.24. The number of para-hydroxylation sites is 1. The van der Waals surface area contributed by atoms with Crippen molar-refractivity contribution in [2.24, 2.45) is 0 Å². The van der Waals surface area contributed by atoms with E-state index in [9.17, 15) is 0 Å². The summed E-state index contributed by atoms with van der Waals surface area (Å²) in [4.78, 5) is 2.36. The number of hydrogen-bond acceptors (Lipinski definition) is 3. The van der Waals surface area contributed by atoms with Gasteiger partial charge in [0.1, 0.15) is 0 Å². The van der Waals surface area contributed by atoms with E-state index in [2.05, 4.69) is 24.0 Å². The molecule has 0 amide bonds. The van der Waals surface area contributed by atoms with Crippen molar-refractivity contribution < 1.29 is 0 Å². The van der Waals surface area contributed by atoms with Gasteiger partial charge in [0.25, 0.3) is 0 Å². The Balaban J connectivity index is 2.54. The van der Waals surface area contributed by atoms with Gasteiger partial charge in [-0.1, -0.05) is 25.1 Å². The van der Waals surface area contributed by atoms with Crippen molar-refractivity contribution in [1.29, 1.82) is 5.26 Å². The zero-order valence-electron chi connectivity index (χ0n) is 10.5. The maximum absolute atomic E-state index is 8.55. The van der Waals surface area contributed by atoms with E-state index in [1.54, 1.807) is 0 Å². The SMILES string of the molecule is CCCN(CCCC#N)Cc1ccccc1N. The van der Waals surface area contributed by atoms with E-state index in [0.717, 1.165) is 38.2 Å². The number of hydrogen-bond donors (Lipinski definition) is 1. The molecule has 0 aliphatic carbocycles. The van der Waals surface area contributed by atoms with Gasteiger partial charge in [-0.15, -0.1) is 0 Å². The predicted molar refractivity (Wildman–Crippen MR) is 71.3 cm³/mol. The number of benzene rings is 1. The van der Waals surface area contributed by atoms with E-state index in [0.29, 0.717) is 6.42 Å². The summed E-state index contributed by atoms with van der Waals surface area (Å²) < 4.78 is 0. The highest BCUT2D eigenvalue weighted by molar-refractivity contribution is 5.46. The van der Waals surface area contributed by atoms with Crippen molar-refractivity contribution in [2.45, 2.75) is 32.7 Å². The van der Waals surface area contributed by atoms with Crippen LogP contribution in [0.15, 0.2) is 24.3 Å². The molecule has 3 nitrogen and oxygen atoms in total. The minimum Gasteiger partial charge on any atom is -0.398 e. The molecular weight excluding hydrogens is 210 g/mol. The zero-order chi connectivity index (χ0) is 12.5. The Morgan fingerprint density at radius 2 is 2.06 bits per heavy atom. The fourth-order valence-electron chi connectivity index (χ4n) is 1.89. The largest absolute Gasteiger partial charge is 0.398 e. The summed E-state index contributed by atoms with van der Waals surface area (Å²) in [5.41, 5.74) is 7.97. The van der Waals surface area contributed by atoms with Crippen LogP contribution in [0.2, 0.25) is 0 Å². The Morgan fingerprint density at radius 3 is 2.71 bits per heavy atom. The number of nitrogen functional groups attached to an aromatic ring is 1. The molecule has 0 aliphatic rings. The number of unbranched alkanes of at least 4 members (excludes halogenated alkanes) is 1. The summed E-state index contributed by atoms with van der Waals surface area (Å²) in [6.07, 6.45) is 2.69. The number of nitrogens with two attached hydrogens (primary N) is 1. The lowest BCUT2D eigenvalue weighted by atomic mass is 10.1. The van der Waals surface area contributed by atoms with Crippen LogP contribution in [0.3, 0.4) is 0 Å². The molecule has 0 aromatic heterocycles. The Hall–Kier alpha value is -1.53. The molecule has 0 aliphatic heterocycles. The van der Waals surface area contributed by atoms with Gasteiger partial charge >= 0.3 is 0 Å². The summed E-state index contributed by atoms with van der Waals surface area (Å²) in [7, 11) is 0. The zero-order valence-corrected chi connectivity index (χ0v) is 10.5. The van der Waals surface area contributed by atoms with Gasteiger partial charge in [-0.05, 0) is 37.6 Å². The number of nitriles is 1. The third-order valence-corrected chi connectivity index (χ3v) is 2.75. The Bertz CT molecular complexity index is 368. The van der Waals surface area contributed by atoms with Gasteiger partial charge in [-0.25, -0.2) is 0 Å². The highest BCUT2D eigenvalue weighted by atomic mass is 15.1. The molecule has 2 N–H and O–H groups in total. The molecule has 0 radical (unpaired) electrons. The molecule has 0 saturated heterocycles. The topological polar surface area (TPSA) is 53.0 Å². The van der Waals surface area contributed by atoms with Crippen LogP contribution in [0, 0.1) is 11.3 Å². The number of anilines is 1. The molecule has 0 bridgehead atoms. The van der Waals surface area contributed by atoms with E-state index in [1.165, 1.54) is 5.56 Å². The van der Waals surface area contributed by atoms with Crippen LogP contribution in [-0.4, -0.2) is 18.0 Å². The van der Waals surface area contributed by atoms with Crippen LogP contribution in [0.1, 0.15) is 31.7 Å². The average molecular weight is 231 g/mol. The molecule has 1 aromatic carbocycles. The van der Waals surface area contributed by atoms with Crippen molar-refractivity contribution in [1.82, 2.24) is 4.90 Å². The monoisotopic (exact) mass is 231 g/mol. The minimum atomic E-state index is 0.629. The molecule has 3 heteroatoms. The first-order valence-corrected chi connectivity index (χ1v) is 6.20. The molecule has 17 heavy (non-hydrogen) atoms. The average Bonchev–Trinajstić information content (AvgIpc) is 2.32. The Morgan fingerprint density at radius 1 is 1.29 bits per heavy atom. The van der Waals surface area contributed by atoms with Gasteiger partial charge in [0.15, 0.2) is 0 Å². The van der Waals surface area contributed by atoms with Gasteiger partial charge in [-0.3, -0.25) is 4.90 Å². The van der Waals surface area contributed by atoms with E-state index in [1.807, 2.05) is 18.2 Å². The number of nitrogens with zero attached hydrogens (tertiary/aromatic N) is 2. The fourth-order valence-corrected chi connectivity index (χ4v) is 1.89. The molecule has 0 spiro atoms. The third-order valence-electron chi connectivity index (χ3n) is 2.75. The first kappa shape index (κ1) is 13.5. The van der Waals surface area contributed by atoms with Crippen LogP contribution in [0.5, 0.6) is 0 Å². The van der Waals surface area contributed by atoms with Gasteiger partial charge in [0.2, 0.25) is 0 Å². The summed E-state index contributed by atoms with van der Waals surface area (Å²) in [5.74, 6) is 0. The van der Waals surface area contributed by atoms with E-state index < -0.39 is 0 Å². The molecule has 0 fully saturated rings. The van der Waals surface area contributed by atoms with Crippen molar-refractivity contribution >= 4 is 5.69 Å². The quantitative estimate of drug-likeness (QED) is 0.580. The normalized spacial score (nSPS) is 10.4. The number of rotatable bonds is 7. The Labute approximate surface area is 104 Å². The van der Waals surface area contributed by atoms with E-state index in [4.69, 9.17) is 11.0 Å². The van der Waals surface area contributed by atoms with Gasteiger partial charge in [0.05, 0.1) is 6.07 Å². The summed E-state index contributed by atoms with van der Waals surface area (Å²) >= 11 is 0. The summed E-state index contributed by atoms with van der Waals surface area (Å²) in [5, 5.41) is 8.55. The van der Waals surface area contributed by atoms with Gasteiger partial charge < -0.3 is 5.73 Å². The maximum atomic E-state index is 8.55. The van der Waals surface area contributed by atoms with Crippen molar-refractivity contribution in [3.05, 3.63) is 29.8 Å². The fraction of sp³-hybridized carbons (Fsp3) is 0.500. The van der Waals surface area contributed by atoms with Crippen LogP contribution >= 0.6 is 0 Å². The smallest absolute Gasteiger partial charge is 0.0622 e. The lowest BCUT2D eigenvalue weighted by molar-refractivity contribution is 0.264. The lowest BCUT2D eigenvalue weighted by Gasteiger charge is -2.22. The third kappa shape index (κ3) is 4.88. The molecule has 1 rings (SSSR count). The molecule has 1 aromatic rings. The molecule has 0 atom stereocenters. The molecular formula is C14H21N3. The van der Waals surface area contributed by atoms with Crippen molar-refractivity contribution in [3.8, 4) is 6.07 Å². The van der Waals surface area contributed by atoms with Crippen molar-refractivity contribution in [2.75, 3.05) is 18.8 Å².